The molecule has 4 aromatic rings. The highest BCUT2D eigenvalue weighted by Crippen LogP contribution is 2.64. The van der Waals surface area contributed by atoms with Crippen LogP contribution in [0.4, 0.5) is 0 Å². The monoisotopic (exact) mass is 428 g/mol. The van der Waals surface area contributed by atoms with Gasteiger partial charge < -0.3 is 9.05 Å². The molecule has 2 fully saturated rings. The summed E-state index contributed by atoms with van der Waals surface area (Å²) < 4.78 is 11.1. The molecule has 3 aromatic heterocycles. The molecule has 32 heavy (non-hydrogen) atoms. The summed E-state index contributed by atoms with van der Waals surface area (Å²) in [7, 11) is 0. The molecule has 6 rings (SSSR count). The summed E-state index contributed by atoms with van der Waals surface area (Å²) in [6.07, 6.45) is 6.85. The predicted octanol–water partition coefficient (Wildman–Crippen LogP) is 4.26. The number of likely N-dealkylation sites (tertiary alicyclic amines) is 1. The average Bonchev–Trinajstić information content (AvgIpc) is 3.18. The van der Waals surface area contributed by atoms with E-state index in [0.29, 0.717) is 30.0 Å². The van der Waals surface area contributed by atoms with Crippen molar-refractivity contribution in [3.8, 4) is 22.8 Å². The van der Waals surface area contributed by atoms with E-state index < -0.39 is 0 Å². The third-order valence-corrected chi connectivity index (χ3v) is 6.80. The van der Waals surface area contributed by atoms with Gasteiger partial charge in [-0.15, -0.1) is 0 Å². The number of hydrogen-bond acceptors (Lipinski definition) is 8. The number of rotatable bonds is 5. The molecule has 1 unspecified atom stereocenters. The van der Waals surface area contributed by atoms with Crippen LogP contribution in [0, 0.1) is 12.3 Å². The molecule has 1 aromatic carbocycles. The smallest absolute Gasteiger partial charge is 0.241 e. The van der Waals surface area contributed by atoms with Gasteiger partial charge in [-0.1, -0.05) is 34.1 Å². The van der Waals surface area contributed by atoms with Crippen molar-refractivity contribution in [3.05, 3.63) is 66.1 Å². The Kier molecular flexibility index (Phi) is 4.61. The third kappa shape index (κ3) is 3.60. The summed E-state index contributed by atoms with van der Waals surface area (Å²) in [5.74, 6) is 3.06. The van der Waals surface area contributed by atoms with Gasteiger partial charge in [-0.3, -0.25) is 9.88 Å². The predicted molar refractivity (Wildman–Crippen MR) is 116 cm³/mol. The third-order valence-electron chi connectivity index (χ3n) is 6.80. The molecule has 0 radical (unpaired) electrons. The van der Waals surface area contributed by atoms with Gasteiger partial charge in [-0.2, -0.15) is 9.97 Å². The molecule has 0 bridgehead atoms. The zero-order chi connectivity index (χ0) is 21.5. The fourth-order valence-electron chi connectivity index (χ4n) is 4.81. The van der Waals surface area contributed by atoms with E-state index in [-0.39, 0.29) is 5.41 Å². The summed E-state index contributed by atoms with van der Waals surface area (Å²) in [6, 6.07) is 12.0. The van der Waals surface area contributed by atoms with E-state index in [4.69, 9.17) is 9.05 Å². The quantitative estimate of drug-likeness (QED) is 0.465. The van der Waals surface area contributed by atoms with Crippen LogP contribution in [0.25, 0.3) is 22.8 Å². The van der Waals surface area contributed by atoms with E-state index in [9.17, 15) is 0 Å². The summed E-state index contributed by atoms with van der Waals surface area (Å²) in [5, 5.41) is 8.33. The molecule has 8 heteroatoms. The highest BCUT2D eigenvalue weighted by atomic mass is 16.5. The molecule has 2 aliphatic rings. The summed E-state index contributed by atoms with van der Waals surface area (Å²) in [5.41, 5.74) is 3.35. The van der Waals surface area contributed by atoms with E-state index in [1.54, 1.807) is 12.4 Å². The number of aryl methyl sites for hydroxylation is 1. The molecule has 1 saturated carbocycles. The van der Waals surface area contributed by atoms with Crippen LogP contribution in [-0.4, -0.2) is 43.3 Å². The van der Waals surface area contributed by atoms with E-state index in [2.05, 4.69) is 49.2 Å². The number of pyridine rings is 1. The Hall–Kier alpha value is -3.39. The van der Waals surface area contributed by atoms with E-state index in [1.165, 1.54) is 5.56 Å². The molecule has 8 nitrogen and oxygen atoms in total. The van der Waals surface area contributed by atoms with Gasteiger partial charge in [-0.25, -0.2) is 0 Å². The molecule has 0 N–H and O–H groups in total. The molecule has 1 saturated heterocycles. The van der Waals surface area contributed by atoms with Crippen LogP contribution in [0.2, 0.25) is 0 Å². The fraction of sp³-hybridized carbons (Fsp3) is 0.375. The van der Waals surface area contributed by atoms with E-state index in [0.717, 1.165) is 49.4 Å². The van der Waals surface area contributed by atoms with Gasteiger partial charge in [-0.05, 0) is 62.9 Å². The lowest BCUT2D eigenvalue weighted by Crippen LogP contribution is -2.34. The van der Waals surface area contributed by atoms with E-state index >= 15 is 0 Å². The fourth-order valence-corrected chi connectivity index (χ4v) is 4.81. The zero-order valence-corrected chi connectivity index (χ0v) is 17.9. The topological polar surface area (TPSA) is 94.0 Å². The minimum atomic E-state index is 0.289. The van der Waals surface area contributed by atoms with Crippen LogP contribution in [0.1, 0.15) is 42.5 Å². The summed E-state index contributed by atoms with van der Waals surface area (Å²) in [6.45, 7) is 4.75. The van der Waals surface area contributed by atoms with Crippen molar-refractivity contribution in [1.82, 2.24) is 30.2 Å². The number of benzene rings is 1. The highest BCUT2D eigenvalue weighted by molar-refractivity contribution is 5.55. The van der Waals surface area contributed by atoms with Gasteiger partial charge in [0.15, 0.2) is 0 Å². The minimum Gasteiger partial charge on any atom is -0.339 e. The molecule has 1 aliphatic carbocycles. The van der Waals surface area contributed by atoms with Crippen molar-refractivity contribution in [3.63, 3.8) is 0 Å². The Morgan fingerprint density at radius 1 is 1.00 bits per heavy atom. The molecular formula is C24H24N6O2. The molecule has 162 valence electrons. The van der Waals surface area contributed by atoms with Crippen LogP contribution < -0.4 is 0 Å². The van der Waals surface area contributed by atoms with E-state index in [1.807, 2.05) is 24.3 Å². The second-order valence-corrected chi connectivity index (χ2v) is 8.97. The normalized spacial score (nSPS) is 20.0. The summed E-state index contributed by atoms with van der Waals surface area (Å²) in [4.78, 5) is 15.8. The number of piperidine rings is 1. The first kappa shape index (κ1) is 19.3. The van der Waals surface area contributed by atoms with Crippen molar-refractivity contribution in [2.75, 3.05) is 13.1 Å². The number of aromatic nitrogens is 5. The Morgan fingerprint density at radius 3 is 2.62 bits per heavy atom. The van der Waals surface area contributed by atoms with Crippen LogP contribution in [0.5, 0.6) is 0 Å². The second-order valence-electron chi connectivity index (χ2n) is 8.97. The Morgan fingerprint density at radius 2 is 1.81 bits per heavy atom. The maximum absolute atomic E-state index is 5.61. The SMILES string of the molecule is Cc1cccc(-c2noc(CN3CCC4(CC3)CC4c3nc(-c4cccnc4)no3)n2)c1. The molecule has 4 heterocycles. The minimum absolute atomic E-state index is 0.289. The lowest BCUT2D eigenvalue weighted by atomic mass is 9.91. The first-order chi connectivity index (χ1) is 15.7. The number of hydrogen-bond donors (Lipinski definition) is 0. The molecule has 1 atom stereocenters. The van der Waals surface area contributed by atoms with Crippen molar-refractivity contribution in [1.29, 1.82) is 0 Å². The largest absolute Gasteiger partial charge is 0.339 e. The van der Waals surface area contributed by atoms with Crippen molar-refractivity contribution in [2.45, 2.75) is 38.6 Å². The lowest BCUT2D eigenvalue weighted by molar-refractivity contribution is 0.144. The van der Waals surface area contributed by atoms with Crippen molar-refractivity contribution < 1.29 is 9.05 Å². The van der Waals surface area contributed by atoms with Gasteiger partial charge >= 0.3 is 0 Å². The first-order valence-corrected chi connectivity index (χ1v) is 11.0. The Bertz CT molecular complexity index is 1230. The van der Waals surface area contributed by atoms with Crippen LogP contribution >= 0.6 is 0 Å². The highest BCUT2D eigenvalue weighted by Gasteiger charge is 2.58. The first-order valence-electron chi connectivity index (χ1n) is 11.0. The lowest BCUT2D eigenvalue weighted by Gasteiger charge is -2.31. The van der Waals surface area contributed by atoms with Crippen LogP contribution in [-0.2, 0) is 6.54 Å². The maximum atomic E-state index is 5.61. The second kappa shape index (κ2) is 7.63. The Labute approximate surface area is 185 Å². The molecule has 1 aliphatic heterocycles. The average molecular weight is 428 g/mol. The summed E-state index contributed by atoms with van der Waals surface area (Å²) >= 11 is 0. The van der Waals surface area contributed by atoms with Gasteiger partial charge in [0.1, 0.15) is 0 Å². The van der Waals surface area contributed by atoms with Crippen LogP contribution in [0.3, 0.4) is 0 Å². The zero-order valence-electron chi connectivity index (χ0n) is 17.9. The van der Waals surface area contributed by atoms with Gasteiger partial charge in [0.25, 0.3) is 0 Å². The van der Waals surface area contributed by atoms with Crippen molar-refractivity contribution >= 4 is 0 Å². The van der Waals surface area contributed by atoms with Crippen LogP contribution in [0.15, 0.2) is 57.8 Å². The van der Waals surface area contributed by atoms with Gasteiger partial charge in [0.05, 0.1) is 6.54 Å². The molecule has 1 spiro atoms. The van der Waals surface area contributed by atoms with Gasteiger partial charge in [0.2, 0.25) is 23.4 Å². The standard InChI is InChI=1S/C24H24N6O2/c1-16-4-2-5-17(12-16)21-26-20(31-28-21)15-30-10-7-24(8-11-30)13-19(24)23-27-22(29-32-23)18-6-3-9-25-14-18/h2-6,9,12,14,19H,7-8,10-11,13,15H2,1H3. The Balaban J connectivity index is 1.07. The number of nitrogens with zero attached hydrogens (tertiary/aromatic N) is 6. The van der Waals surface area contributed by atoms with Crippen molar-refractivity contribution in [2.24, 2.45) is 5.41 Å². The molecular weight excluding hydrogens is 404 g/mol. The van der Waals surface area contributed by atoms with Gasteiger partial charge in [0, 0.05) is 29.4 Å². The molecule has 0 amide bonds. The maximum Gasteiger partial charge on any atom is 0.241 e.